The molecule has 0 fully saturated rings. The van der Waals surface area contributed by atoms with Crippen LogP contribution in [0.3, 0.4) is 0 Å². The summed E-state index contributed by atoms with van der Waals surface area (Å²) in [7, 11) is 0. The van der Waals surface area contributed by atoms with E-state index in [0.717, 1.165) is 26.3 Å². The van der Waals surface area contributed by atoms with Crippen LogP contribution in [-0.4, -0.2) is 21.4 Å². The molecule has 0 bridgehead atoms. The van der Waals surface area contributed by atoms with Gasteiger partial charge < -0.3 is 5.32 Å². The van der Waals surface area contributed by atoms with Crippen molar-refractivity contribution in [1.29, 1.82) is 0 Å². The maximum absolute atomic E-state index is 13.1. The molecule has 140 valence electrons. The standard InChI is InChI=1S/C20H19BrFN3OS/c1-13(24-20(26)12-27-18-9-3-15(21)4-10-18)19-11-23-25(14(19)2)17-7-5-16(22)6-8-17/h3-11,13H,12H2,1-2H3,(H,24,26). The van der Waals surface area contributed by atoms with E-state index in [1.165, 1.54) is 23.9 Å². The van der Waals surface area contributed by atoms with Crippen LogP contribution in [-0.2, 0) is 4.79 Å². The van der Waals surface area contributed by atoms with E-state index in [9.17, 15) is 9.18 Å². The quantitative estimate of drug-likeness (QED) is 0.537. The third kappa shape index (κ3) is 4.99. The van der Waals surface area contributed by atoms with Gasteiger partial charge in [0.1, 0.15) is 5.82 Å². The molecular weight excluding hydrogens is 429 g/mol. The molecule has 1 aromatic heterocycles. The van der Waals surface area contributed by atoms with E-state index in [2.05, 4.69) is 26.3 Å². The Morgan fingerprint density at radius 2 is 1.89 bits per heavy atom. The summed E-state index contributed by atoms with van der Waals surface area (Å²) in [4.78, 5) is 13.3. The first-order chi connectivity index (χ1) is 12.9. The minimum absolute atomic E-state index is 0.0376. The summed E-state index contributed by atoms with van der Waals surface area (Å²) in [6.45, 7) is 3.87. The summed E-state index contributed by atoms with van der Waals surface area (Å²) < 4.78 is 15.9. The molecule has 1 heterocycles. The predicted molar refractivity (Wildman–Crippen MR) is 110 cm³/mol. The van der Waals surface area contributed by atoms with Crippen LogP contribution in [0.1, 0.15) is 24.2 Å². The lowest BCUT2D eigenvalue weighted by molar-refractivity contribution is -0.119. The number of carbonyl (C=O) groups is 1. The Morgan fingerprint density at radius 3 is 2.56 bits per heavy atom. The van der Waals surface area contributed by atoms with E-state index in [-0.39, 0.29) is 17.8 Å². The maximum Gasteiger partial charge on any atom is 0.230 e. The van der Waals surface area contributed by atoms with Crippen molar-refractivity contribution in [3.8, 4) is 5.69 Å². The second kappa shape index (κ2) is 8.71. The van der Waals surface area contributed by atoms with Gasteiger partial charge in [-0.2, -0.15) is 5.10 Å². The largest absolute Gasteiger partial charge is 0.349 e. The summed E-state index contributed by atoms with van der Waals surface area (Å²) in [5, 5.41) is 7.39. The van der Waals surface area contributed by atoms with Crippen LogP contribution in [0.5, 0.6) is 0 Å². The molecule has 0 saturated heterocycles. The lowest BCUT2D eigenvalue weighted by Gasteiger charge is -2.14. The van der Waals surface area contributed by atoms with Crippen molar-refractivity contribution in [3.05, 3.63) is 76.3 Å². The number of nitrogens with zero attached hydrogens (tertiary/aromatic N) is 2. The summed E-state index contributed by atoms with van der Waals surface area (Å²) in [5.41, 5.74) is 2.63. The number of rotatable bonds is 6. The summed E-state index contributed by atoms with van der Waals surface area (Å²) in [5.74, 6) is 0.0222. The van der Waals surface area contributed by atoms with E-state index >= 15 is 0 Å². The topological polar surface area (TPSA) is 46.9 Å². The number of thioether (sulfide) groups is 1. The van der Waals surface area contributed by atoms with Gasteiger partial charge in [0.15, 0.2) is 0 Å². The van der Waals surface area contributed by atoms with Crippen molar-refractivity contribution < 1.29 is 9.18 Å². The Morgan fingerprint density at radius 1 is 1.22 bits per heavy atom. The number of aromatic nitrogens is 2. The molecule has 1 amide bonds. The SMILES string of the molecule is Cc1c(C(C)NC(=O)CSc2ccc(Br)cc2)cnn1-c1ccc(F)cc1. The van der Waals surface area contributed by atoms with Crippen LogP contribution >= 0.6 is 27.7 Å². The fourth-order valence-electron chi connectivity index (χ4n) is 2.73. The maximum atomic E-state index is 13.1. The Bertz CT molecular complexity index is 925. The van der Waals surface area contributed by atoms with E-state index in [0.29, 0.717) is 5.75 Å². The molecule has 0 aliphatic rings. The van der Waals surface area contributed by atoms with Gasteiger partial charge in [0, 0.05) is 20.6 Å². The first-order valence-electron chi connectivity index (χ1n) is 8.42. The third-order valence-electron chi connectivity index (χ3n) is 4.15. The minimum Gasteiger partial charge on any atom is -0.349 e. The van der Waals surface area contributed by atoms with E-state index < -0.39 is 0 Å². The van der Waals surface area contributed by atoms with Gasteiger partial charge in [0.05, 0.1) is 23.7 Å². The van der Waals surface area contributed by atoms with Gasteiger partial charge in [0.2, 0.25) is 5.91 Å². The summed E-state index contributed by atoms with van der Waals surface area (Å²) >= 11 is 4.89. The molecule has 1 N–H and O–H groups in total. The molecule has 0 saturated carbocycles. The zero-order valence-electron chi connectivity index (χ0n) is 14.9. The molecule has 1 unspecified atom stereocenters. The van der Waals surface area contributed by atoms with Gasteiger partial charge >= 0.3 is 0 Å². The molecule has 4 nitrogen and oxygen atoms in total. The Balaban J connectivity index is 1.62. The average Bonchev–Trinajstić information content (AvgIpc) is 3.03. The van der Waals surface area contributed by atoms with Gasteiger partial charge in [0.25, 0.3) is 0 Å². The fraction of sp³-hybridized carbons (Fsp3) is 0.200. The third-order valence-corrected chi connectivity index (χ3v) is 5.69. The van der Waals surface area contributed by atoms with Gasteiger partial charge in [-0.05, 0) is 62.4 Å². The van der Waals surface area contributed by atoms with Gasteiger partial charge in [-0.1, -0.05) is 15.9 Å². The molecule has 3 aromatic rings. The van der Waals surface area contributed by atoms with E-state index in [1.54, 1.807) is 23.0 Å². The van der Waals surface area contributed by atoms with E-state index in [4.69, 9.17) is 0 Å². The predicted octanol–water partition coefficient (Wildman–Crippen LogP) is 5.05. The zero-order chi connectivity index (χ0) is 19.4. The van der Waals surface area contributed by atoms with Crippen molar-refractivity contribution in [3.63, 3.8) is 0 Å². The van der Waals surface area contributed by atoms with Crippen LogP contribution in [0, 0.1) is 12.7 Å². The number of hydrogen-bond donors (Lipinski definition) is 1. The number of benzene rings is 2. The Labute approximate surface area is 170 Å². The monoisotopic (exact) mass is 447 g/mol. The lowest BCUT2D eigenvalue weighted by Crippen LogP contribution is -2.28. The zero-order valence-corrected chi connectivity index (χ0v) is 17.3. The summed E-state index contributed by atoms with van der Waals surface area (Å²) in [6, 6.07) is 13.9. The molecule has 1 atom stereocenters. The lowest BCUT2D eigenvalue weighted by atomic mass is 10.1. The van der Waals surface area contributed by atoms with Crippen molar-refractivity contribution in [2.75, 3.05) is 5.75 Å². The molecule has 0 spiro atoms. The number of carbonyl (C=O) groups excluding carboxylic acids is 1. The van der Waals surface area contributed by atoms with Crippen LogP contribution < -0.4 is 5.32 Å². The highest BCUT2D eigenvalue weighted by molar-refractivity contribution is 9.10. The fourth-order valence-corrected chi connectivity index (χ4v) is 3.70. The molecule has 0 aliphatic heterocycles. The van der Waals surface area contributed by atoms with Crippen LogP contribution in [0.25, 0.3) is 5.69 Å². The highest BCUT2D eigenvalue weighted by Gasteiger charge is 2.16. The van der Waals surface area contributed by atoms with Crippen molar-refractivity contribution in [2.24, 2.45) is 0 Å². The van der Waals surface area contributed by atoms with Crippen molar-refractivity contribution >= 4 is 33.6 Å². The first kappa shape index (κ1) is 19.6. The molecule has 0 aliphatic carbocycles. The second-order valence-electron chi connectivity index (χ2n) is 6.11. The number of hydrogen-bond acceptors (Lipinski definition) is 3. The molecule has 3 rings (SSSR count). The molecule has 0 radical (unpaired) electrons. The van der Waals surface area contributed by atoms with Crippen LogP contribution in [0.2, 0.25) is 0 Å². The number of halogens is 2. The van der Waals surface area contributed by atoms with Gasteiger partial charge in [-0.25, -0.2) is 9.07 Å². The second-order valence-corrected chi connectivity index (χ2v) is 8.07. The summed E-state index contributed by atoms with van der Waals surface area (Å²) in [6.07, 6.45) is 1.74. The highest BCUT2D eigenvalue weighted by Crippen LogP contribution is 2.22. The Kier molecular flexibility index (Phi) is 6.34. The smallest absolute Gasteiger partial charge is 0.230 e. The van der Waals surface area contributed by atoms with Gasteiger partial charge in [-0.3, -0.25) is 4.79 Å². The van der Waals surface area contributed by atoms with Crippen molar-refractivity contribution in [2.45, 2.75) is 24.8 Å². The number of amides is 1. The molecule has 27 heavy (non-hydrogen) atoms. The molecular formula is C20H19BrFN3OS. The minimum atomic E-state index is -0.285. The van der Waals surface area contributed by atoms with E-state index in [1.807, 2.05) is 38.1 Å². The first-order valence-corrected chi connectivity index (χ1v) is 10.2. The van der Waals surface area contributed by atoms with Crippen LogP contribution in [0.4, 0.5) is 4.39 Å². The van der Waals surface area contributed by atoms with Crippen molar-refractivity contribution in [1.82, 2.24) is 15.1 Å². The molecule has 2 aromatic carbocycles. The Hall–Kier alpha value is -2.12. The molecule has 7 heteroatoms. The highest BCUT2D eigenvalue weighted by atomic mass is 79.9. The van der Waals surface area contributed by atoms with Crippen LogP contribution in [0.15, 0.2) is 64.1 Å². The normalized spacial score (nSPS) is 12.0. The average molecular weight is 448 g/mol. The number of nitrogens with one attached hydrogen (secondary N) is 1. The van der Waals surface area contributed by atoms with Gasteiger partial charge in [-0.15, -0.1) is 11.8 Å².